The van der Waals surface area contributed by atoms with E-state index in [2.05, 4.69) is 16.6 Å². The molecule has 2 aliphatic heterocycles. The van der Waals surface area contributed by atoms with Crippen LogP contribution in [0.4, 0.5) is 4.79 Å². The fourth-order valence-corrected chi connectivity index (χ4v) is 2.51. The zero-order chi connectivity index (χ0) is 12.3. The number of rotatable bonds is 2. The molecule has 0 atom stereocenters. The maximum absolute atomic E-state index is 11.8. The van der Waals surface area contributed by atoms with Crippen LogP contribution in [0.15, 0.2) is 22.1 Å². The van der Waals surface area contributed by atoms with Crippen LogP contribution in [0.1, 0.15) is 12.8 Å². The molecule has 2 heterocycles. The molecule has 0 radical (unpaired) electrons. The quantitative estimate of drug-likeness (QED) is 0.747. The first-order valence-corrected chi connectivity index (χ1v) is 6.42. The van der Waals surface area contributed by atoms with Crippen molar-refractivity contribution in [2.45, 2.75) is 12.8 Å². The molecule has 0 unspecified atom stereocenters. The van der Waals surface area contributed by atoms with Crippen LogP contribution in [-0.4, -0.2) is 46.9 Å². The summed E-state index contributed by atoms with van der Waals surface area (Å²) in [5.41, 5.74) is 0.587. The smallest absolute Gasteiger partial charge is 0.342 e. The Balaban J connectivity index is 1.87. The van der Waals surface area contributed by atoms with Crippen LogP contribution in [0.2, 0.25) is 0 Å². The van der Waals surface area contributed by atoms with E-state index in [-0.39, 0.29) is 5.91 Å². The molecule has 2 aliphatic rings. The van der Waals surface area contributed by atoms with Crippen molar-refractivity contribution in [3.05, 3.63) is 12.2 Å². The van der Waals surface area contributed by atoms with Gasteiger partial charge in [-0.15, -0.1) is 0 Å². The van der Waals surface area contributed by atoms with Crippen LogP contribution in [0.3, 0.4) is 0 Å². The second-order valence-electron chi connectivity index (χ2n) is 3.86. The first-order chi connectivity index (χ1) is 8.16. The lowest BCUT2D eigenvalue weighted by atomic mass is 10.3. The van der Waals surface area contributed by atoms with Crippen molar-refractivity contribution >= 4 is 35.0 Å². The van der Waals surface area contributed by atoms with Crippen LogP contribution < -0.4 is 0 Å². The van der Waals surface area contributed by atoms with E-state index in [9.17, 15) is 9.59 Å². The molecule has 0 N–H and O–H groups in total. The summed E-state index contributed by atoms with van der Waals surface area (Å²) in [6.07, 6.45) is 3.54. The fraction of sp³-hybridized carbons (Fsp3) is 0.455. The SMILES string of the molecule is C=C1C=NC(=O)N=C1SCC(=O)N1CCCC1. The van der Waals surface area contributed by atoms with Gasteiger partial charge in [-0.3, -0.25) is 4.79 Å². The van der Waals surface area contributed by atoms with E-state index in [4.69, 9.17) is 0 Å². The highest BCUT2D eigenvalue weighted by Crippen LogP contribution is 2.16. The molecule has 17 heavy (non-hydrogen) atoms. The van der Waals surface area contributed by atoms with Crippen LogP contribution >= 0.6 is 11.8 Å². The topological polar surface area (TPSA) is 62.1 Å². The summed E-state index contributed by atoms with van der Waals surface area (Å²) < 4.78 is 0. The number of hydrogen-bond donors (Lipinski definition) is 0. The Morgan fingerprint density at radius 1 is 1.47 bits per heavy atom. The van der Waals surface area contributed by atoms with Gasteiger partial charge in [-0.1, -0.05) is 18.3 Å². The molecule has 0 aromatic heterocycles. The number of thioether (sulfide) groups is 1. The van der Waals surface area contributed by atoms with Gasteiger partial charge in [0.1, 0.15) is 5.04 Å². The average molecular weight is 251 g/mol. The Morgan fingerprint density at radius 2 is 2.18 bits per heavy atom. The van der Waals surface area contributed by atoms with Crippen molar-refractivity contribution in [3.8, 4) is 0 Å². The third-order valence-corrected chi connectivity index (χ3v) is 3.61. The van der Waals surface area contributed by atoms with Gasteiger partial charge in [-0.25, -0.2) is 4.79 Å². The number of amides is 3. The molecule has 5 nitrogen and oxygen atoms in total. The molecule has 0 saturated carbocycles. The van der Waals surface area contributed by atoms with Gasteiger partial charge in [0.25, 0.3) is 0 Å². The Hall–Kier alpha value is -1.43. The molecular formula is C11H13N3O2S. The molecule has 1 fully saturated rings. The zero-order valence-electron chi connectivity index (χ0n) is 9.39. The summed E-state index contributed by atoms with van der Waals surface area (Å²) in [7, 11) is 0. The van der Waals surface area contributed by atoms with Crippen molar-refractivity contribution in [1.82, 2.24) is 4.90 Å². The van der Waals surface area contributed by atoms with E-state index in [0.717, 1.165) is 25.9 Å². The van der Waals surface area contributed by atoms with Gasteiger partial charge in [-0.05, 0) is 12.8 Å². The van der Waals surface area contributed by atoms with Crippen molar-refractivity contribution in [3.63, 3.8) is 0 Å². The van der Waals surface area contributed by atoms with Gasteiger partial charge in [-0.2, -0.15) is 9.98 Å². The highest BCUT2D eigenvalue weighted by Gasteiger charge is 2.20. The predicted molar refractivity (Wildman–Crippen MR) is 68.7 cm³/mol. The minimum atomic E-state index is -0.534. The summed E-state index contributed by atoms with van der Waals surface area (Å²) in [4.78, 5) is 31.8. The van der Waals surface area contributed by atoms with Crippen molar-refractivity contribution in [2.75, 3.05) is 18.8 Å². The van der Waals surface area contributed by atoms with E-state index < -0.39 is 6.03 Å². The maximum atomic E-state index is 11.8. The lowest BCUT2D eigenvalue weighted by Crippen LogP contribution is -2.29. The molecule has 0 aromatic carbocycles. The van der Waals surface area contributed by atoms with E-state index in [0.29, 0.717) is 16.4 Å². The van der Waals surface area contributed by atoms with Gasteiger partial charge in [0.05, 0.1) is 5.75 Å². The average Bonchev–Trinajstić information content (AvgIpc) is 2.83. The fourth-order valence-electron chi connectivity index (χ4n) is 1.69. The largest absolute Gasteiger partial charge is 0.368 e. The van der Waals surface area contributed by atoms with Crippen molar-refractivity contribution < 1.29 is 9.59 Å². The first kappa shape index (κ1) is 12.0. The van der Waals surface area contributed by atoms with Crippen molar-refractivity contribution in [1.29, 1.82) is 0 Å². The zero-order valence-corrected chi connectivity index (χ0v) is 10.2. The molecule has 0 aromatic rings. The first-order valence-electron chi connectivity index (χ1n) is 5.43. The summed E-state index contributed by atoms with van der Waals surface area (Å²) in [5.74, 6) is 0.400. The number of likely N-dealkylation sites (tertiary alicyclic amines) is 1. The van der Waals surface area contributed by atoms with E-state index >= 15 is 0 Å². The number of carbonyl (C=O) groups excluding carboxylic acids is 2. The second kappa shape index (κ2) is 5.27. The standard InChI is InChI=1S/C11H13N3O2S/c1-8-6-12-11(16)13-10(8)17-7-9(15)14-4-2-3-5-14/h6H,1-5,7H2. The minimum Gasteiger partial charge on any atom is -0.342 e. The van der Waals surface area contributed by atoms with Crippen LogP contribution in [-0.2, 0) is 4.79 Å². The molecule has 0 bridgehead atoms. The number of aliphatic imine (C=N–C) groups is 2. The van der Waals surface area contributed by atoms with E-state index in [1.54, 1.807) is 0 Å². The third kappa shape index (κ3) is 3.03. The summed E-state index contributed by atoms with van der Waals surface area (Å²) in [5, 5.41) is 0.498. The van der Waals surface area contributed by atoms with Gasteiger partial charge in [0.2, 0.25) is 5.91 Å². The van der Waals surface area contributed by atoms with Gasteiger partial charge < -0.3 is 4.90 Å². The highest BCUT2D eigenvalue weighted by atomic mass is 32.2. The molecule has 6 heteroatoms. The highest BCUT2D eigenvalue weighted by molar-refractivity contribution is 8.15. The third-order valence-electron chi connectivity index (χ3n) is 2.59. The van der Waals surface area contributed by atoms with Gasteiger partial charge in [0.15, 0.2) is 0 Å². The Bertz CT molecular complexity index is 422. The van der Waals surface area contributed by atoms with Crippen LogP contribution in [0.25, 0.3) is 0 Å². The normalized spacial score (nSPS) is 19.8. The minimum absolute atomic E-state index is 0.0953. The van der Waals surface area contributed by atoms with Crippen LogP contribution in [0.5, 0.6) is 0 Å². The van der Waals surface area contributed by atoms with Gasteiger partial charge in [0, 0.05) is 24.9 Å². The lowest BCUT2D eigenvalue weighted by Gasteiger charge is -2.15. The Labute approximate surface area is 104 Å². The van der Waals surface area contributed by atoms with E-state index in [1.165, 1.54) is 18.0 Å². The molecule has 90 valence electrons. The number of hydrogen-bond acceptors (Lipinski definition) is 3. The summed E-state index contributed by atoms with van der Waals surface area (Å²) in [6.45, 7) is 5.41. The molecule has 0 spiro atoms. The van der Waals surface area contributed by atoms with Crippen LogP contribution in [0, 0.1) is 0 Å². The number of carbonyl (C=O) groups is 2. The van der Waals surface area contributed by atoms with Crippen molar-refractivity contribution in [2.24, 2.45) is 9.98 Å². The maximum Gasteiger partial charge on any atom is 0.368 e. The lowest BCUT2D eigenvalue weighted by molar-refractivity contribution is -0.127. The summed E-state index contributed by atoms with van der Waals surface area (Å²) >= 11 is 1.25. The van der Waals surface area contributed by atoms with Gasteiger partial charge >= 0.3 is 6.03 Å². The molecule has 3 amide bonds. The number of nitrogens with zero attached hydrogens (tertiary/aromatic N) is 3. The van der Waals surface area contributed by atoms with E-state index in [1.807, 2.05) is 4.90 Å². The Kier molecular flexibility index (Phi) is 3.73. The second-order valence-corrected chi connectivity index (χ2v) is 4.82. The number of urea groups is 1. The molecular weight excluding hydrogens is 238 g/mol. The molecule has 1 saturated heterocycles. The molecule has 0 aliphatic carbocycles. The Morgan fingerprint density at radius 3 is 2.88 bits per heavy atom. The molecule has 2 rings (SSSR count). The predicted octanol–water partition coefficient (Wildman–Crippen LogP) is 1.50. The monoisotopic (exact) mass is 251 g/mol. The summed E-state index contributed by atoms with van der Waals surface area (Å²) in [6, 6.07) is -0.534.